The molecular formula is C11H17N3O. The zero-order chi connectivity index (χ0) is 10.8. The molecule has 4 nitrogen and oxygen atoms in total. The second-order valence-corrected chi connectivity index (χ2v) is 3.92. The van der Waals surface area contributed by atoms with E-state index in [4.69, 9.17) is 0 Å². The second kappa shape index (κ2) is 4.06. The summed E-state index contributed by atoms with van der Waals surface area (Å²) in [6, 6.07) is 4.32. The number of nitrogens with one attached hydrogen (secondary N) is 1. The first kappa shape index (κ1) is 10.2. The van der Waals surface area contributed by atoms with E-state index in [1.165, 1.54) is 5.69 Å². The Morgan fingerprint density at radius 2 is 2.40 bits per heavy atom. The molecule has 0 fully saturated rings. The molecule has 1 aromatic rings. The van der Waals surface area contributed by atoms with Gasteiger partial charge in [-0.25, -0.2) is 0 Å². The van der Waals surface area contributed by atoms with Gasteiger partial charge < -0.3 is 14.8 Å². The van der Waals surface area contributed by atoms with Crippen LogP contribution in [0.15, 0.2) is 18.3 Å². The molecule has 0 bridgehead atoms. The highest BCUT2D eigenvalue weighted by Crippen LogP contribution is 2.24. The van der Waals surface area contributed by atoms with Crippen molar-refractivity contribution < 1.29 is 4.79 Å². The van der Waals surface area contributed by atoms with E-state index >= 15 is 0 Å². The standard InChI is InChI=1S/C11H17N3O/c1-9-10-4-3-5-13(10)6-7-14(9)11(15)8-12-2/h3-5,9,12H,6-8H2,1-2H3. The largest absolute Gasteiger partial charge is 0.348 e. The summed E-state index contributed by atoms with van der Waals surface area (Å²) in [6.45, 7) is 4.22. The lowest BCUT2D eigenvalue weighted by atomic mass is 10.1. The maximum atomic E-state index is 11.8. The van der Waals surface area contributed by atoms with Crippen molar-refractivity contribution in [2.45, 2.75) is 19.5 Å². The van der Waals surface area contributed by atoms with Gasteiger partial charge in [-0.15, -0.1) is 0 Å². The lowest BCUT2D eigenvalue weighted by Gasteiger charge is -2.35. The number of likely N-dealkylation sites (N-methyl/N-ethyl adjacent to an activating group) is 1. The van der Waals surface area contributed by atoms with E-state index in [9.17, 15) is 4.79 Å². The lowest BCUT2D eigenvalue weighted by molar-refractivity contribution is -0.133. The third-order valence-electron chi connectivity index (χ3n) is 2.99. The molecule has 0 saturated carbocycles. The van der Waals surface area contributed by atoms with Crippen LogP contribution in [0.5, 0.6) is 0 Å². The molecule has 1 atom stereocenters. The smallest absolute Gasteiger partial charge is 0.237 e. The molecule has 82 valence electrons. The summed E-state index contributed by atoms with van der Waals surface area (Å²) in [6.07, 6.45) is 2.08. The maximum Gasteiger partial charge on any atom is 0.237 e. The Balaban J connectivity index is 2.16. The third-order valence-corrected chi connectivity index (χ3v) is 2.99. The van der Waals surface area contributed by atoms with Crippen LogP contribution in [0.1, 0.15) is 18.7 Å². The molecule has 2 heterocycles. The van der Waals surface area contributed by atoms with E-state index in [-0.39, 0.29) is 11.9 Å². The predicted octanol–water partition coefficient (Wildman–Crippen LogP) is 0.611. The molecule has 2 rings (SSSR count). The Kier molecular flexibility index (Phi) is 2.77. The van der Waals surface area contributed by atoms with Crippen LogP contribution in [-0.4, -0.2) is 35.5 Å². The van der Waals surface area contributed by atoms with Crippen LogP contribution >= 0.6 is 0 Å². The van der Waals surface area contributed by atoms with Crippen LogP contribution in [0.3, 0.4) is 0 Å². The summed E-state index contributed by atoms with van der Waals surface area (Å²) in [5.74, 6) is 0.178. The van der Waals surface area contributed by atoms with Crippen LogP contribution in [0.4, 0.5) is 0 Å². The summed E-state index contributed by atoms with van der Waals surface area (Å²) in [5, 5.41) is 2.91. The minimum Gasteiger partial charge on any atom is -0.348 e. The van der Waals surface area contributed by atoms with Crippen molar-refractivity contribution in [3.05, 3.63) is 24.0 Å². The quantitative estimate of drug-likeness (QED) is 0.771. The number of amides is 1. The molecule has 0 radical (unpaired) electrons. The number of nitrogens with zero attached hydrogens (tertiary/aromatic N) is 2. The van der Waals surface area contributed by atoms with Gasteiger partial charge in [0.25, 0.3) is 0 Å². The van der Waals surface area contributed by atoms with Crippen LogP contribution in [-0.2, 0) is 11.3 Å². The van der Waals surface area contributed by atoms with E-state index in [0.29, 0.717) is 6.54 Å². The molecule has 0 aromatic carbocycles. The molecule has 4 heteroatoms. The normalized spacial score (nSPS) is 20.1. The highest BCUT2D eigenvalue weighted by atomic mass is 16.2. The van der Waals surface area contributed by atoms with E-state index in [1.54, 1.807) is 7.05 Å². The first-order valence-corrected chi connectivity index (χ1v) is 5.33. The summed E-state index contributed by atoms with van der Waals surface area (Å²) in [4.78, 5) is 13.7. The molecule has 1 N–H and O–H groups in total. The molecule has 15 heavy (non-hydrogen) atoms. The SMILES string of the molecule is CNCC(=O)N1CCn2cccc2C1C. The van der Waals surface area contributed by atoms with Crippen molar-refractivity contribution in [1.82, 2.24) is 14.8 Å². The van der Waals surface area contributed by atoms with E-state index in [0.717, 1.165) is 13.1 Å². The first-order valence-electron chi connectivity index (χ1n) is 5.33. The van der Waals surface area contributed by atoms with Crippen molar-refractivity contribution in [3.63, 3.8) is 0 Å². The second-order valence-electron chi connectivity index (χ2n) is 3.92. The van der Waals surface area contributed by atoms with Gasteiger partial charge in [0.05, 0.1) is 12.6 Å². The summed E-state index contributed by atoms with van der Waals surface area (Å²) < 4.78 is 2.22. The number of hydrogen-bond acceptors (Lipinski definition) is 2. The number of aromatic nitrogens is 1. The molecule has 1 aliphatic rings. The summed E-state index contributed by atoms with van der Waals surface area (Å²) >= 11 is 0. The Hall–Kier alpha value is -1.29. The van der Waals surface area contributed by atoms with Crippen LogP contribution < -0.4 is 5.32 Å². The third kappa shape index (κ3) is 1.77. The number of fused-ring (bicyclic) bond motifs is 1. The van der Waals surface area contributed by atoms with E-state index in [1.807, 2.05) is 11.0 Å². The van der Waals surface area contributed by atoms with Crippen molar-refractivity contribution in [3.8, 4) is 0 Å². The fraction of sp³-hybridized carbons (Fsp3) is 0.545. The van der Waals surface area contributed by atoms with Crippen LogP contribution in [0.25, 0.3) is 0 Å². The van der Waals surface area contributed by atoms with Crippen molar-refractivity contribution in [2.75, 3.05) is 20.1 Å². The van der Waals surface area contributed by atoms with Gasteiger partial charge in [-0.2, -0.15) is 0 Å². The average molecular weight is 207 g/mol. The first-order chi connectivity index (χ1) is 7.24. The van der Waals surface area contributed by atoms with Crippen LogP contribution in [0.2, 0.25) is 0 Å². The Bertz CT molecular complexity index is 358. The van der Waals surface area contributed by atoms with Crippen LogP contribution in [0, 0.1) is 0 Å². The number of rotatable bonds is 2. The molecule has 1 aromatic heterocycles. The van der Waals surface area contributed by atoms with E-state index in [2.05, 4.69) is 29.1 Å². The topological polar surface area (TPSA) is 37.3 Å². The van der Waals surface area contributed by atoms with Crippen molar-refractivity contribution >= 4 is 5.91 Å². The van der Waals surface area contributed by atoms with Crippen molar-refractivity contribution in [2.24, 2.45) is 0 Å². The maximum absolute atomic E-state index is 11.8. The highest BCUT2D eigenvalue weighted by Gasteiger charge is 2.26. The number of hydrogen-bond donors (Lipinski definition) is 1. The Labute approximate surface area is 89.9 Å². The van der Waals surface area contributed by atoms with Gasteiger partial charge in [0.1, 0.15) is 0 Å². The monoisotopic (exact) mass is 207 g/mol. The fourth-order valence-electron chi connectivity index (χ4n) is 2.17. The van der Waals surface area contributed by atoms with Gasteiger partial charge in [-0.05, 0) is 26.1 Å². The molecule has 0 saturated heterocycles. The van der Waals surface area contributed by atoms with Gasteiger partial charge >= 0.3 is 0 Å². The lowest BCUT2D eigenvalue weighted by Crippen LogP contribution is -2.44. The average Bonchev–Trinajstić information content (AvgIpc) is 2.67. The zero-order valence-corrected chi connectivity index (χ0v) is 9.23. The molecular weight excluding hydrogens is 190 g/mol. The Morgan fingerprint density at radius 1 is 1.60 bits per heavy atom. The zero-order valence-electron chi connectivity index (χ0n) is 9.23. The molecule has 0 aliphatic carbocycles. The number of carbonyl (C=O) groups is 1. The van der Waals surface area contributed by atoms with Crippen molar-refractivity contribution in [1.29, 1.82) is 0 Å². The molecule has 1 aliphatic heterocycles. The minimum atomic E-state index is 0.178. The fourth-order valence-corrected chi connectivity index (χ4v) is 2.17. The molecule has 1 amide bonds. The van der Waals surface area contributed by atoms with Gasteiger partial charge in [-0.1, -0.05) is 0 Å². The Morgan fingerprint density at radius 3 is 3.13 bits per heavy atom. The van der Waals surface area contributed by atoms with Gasteiger partial charge in [0.2, 0.25) is 5.91 Å². The summed E-state index contributed by atoms with van der Waals surface area (Å²) in [5.41, 5.74) is 1.23. The predicted molar refractivity (Wildman–Crippen MR) is 58.5 cm³/mol. The number of carbonyl (C=O) groups excluding carboxylic acids is 1. The van der Waals surface area contributed by atoms with Gasteiger partial charge in [-0.3, -0.25) is 4.79 Å². The minimum absolute atomic E-state index is 0.178. The molecule has 1 unspecified atom stereocenters. The summed E-state index contributed by atoms with van der Waals surface area (Å²) in [7, 11) is 1.80. The molecule has 0 spiro atoms. The highest BCUT2D eigenvalue weighted by molar-refractivity contribution is 5.78. The van der Waals surface area contributed by atoms with E-state index < -0.39 is 0 Å². The van der Waals surface area contributed by atoms with Gasteiger partial charge in [0.15, 0.2) is 0 Å². The van der Waals surface area contributed by atoms with Gasteiger partial charge in [0, 0.05) is 25.0 Å².